The Morgan fingerprint density at radius 3 is 2.83 bits per heavy atom. The van der Waals surface area contributed by atoms with Crippen molar-refractivity contribution in [2.75, 3.05) is 18.6 Å². The molecular formula is C13H16FNO2S. The maximum Gasteiger partial charge on any atom is 0.306 e. The highest BCUT2D eigenvalue weighted by molar-refractivity contribution is 7.99. The van der Waals surface area contributed by atoms with Crippen molar-refractivity contribution in [1.29, 1.82) is 0 Å². The third-order valence-electron chi connectivity index (χ3n) is 3.21. The normalized spacial score (nSPS) is 16.3. The molecule has 5 heteroatoms. The minimum atomic E-state index is -0.326. The predicted molar refractivity (Wildman–Crippen MR) is 69.8 cm³/mol. The number of hydrogen-bond acceptors (Lipinski definition) is 4. The van der Waals surface area contributed by atoms with Crippen LogP contribution >= 0.6 is 11.8 Å². The van der Waals surface area contributed by atoms with Gasteiger partial charge in [-0.2, -0.15) is 0 Å². The van der Waals surface area contributed by atoms with E-state index in [1.807, 2.05) is 0 Å². The van der Waals surface area contributed by atoms with Gasteiger partial charge in [-0.25, -0.2) is 4.39 Å². The molecule has 1 aromatic rings. The summed E-state index contributed by atoms with van der Waals surface area (Å²) in [7, 11) is 1.41. The molecule has 0 atom stereocenters. The predicted octanol–water partition coefficient (Wildman–Crippen LogP) is 2.84. The Bertz CT molecular complexity index is 460. The molecule has 0 heterocycles. The van der Waals surface area contributed by atoms with Crippen molar-refractivity contribution in [2.24, 2.45) is 5.41 Å². The zero-order chi connectivity index (χ0) is 13.2. The molecular weight excluding hydrogens is 253 g/mol. The van der Waals surface area contributed by atoms with Crippen LogP contribution in [0.15, 0.2) is 23.1 Å². The van der Waals surface area contributed by atoms with Crippen molar-refractivity contribution >= 4 is 23.4 Å². The fourth-order valence-electron chi connectivity index (χ4n) is 1.81. The number of benzene rings is 1. The number of thioether (sulfide) groups is 1. The fourth-order valence-corrected chi connectivity index (χ4v) is 3.05. The molecule has 0 radical (unpaired) electrons. The van der Waals surface area contributed by atoms with Crippen molar-refractivity contribution in [3.05, 3.63) is 24.0 Å². The third-order valence-corrected chi connectivity index (χ3v) is 4.65. The van der Waals surface area contributed by atoms with E-state index in [1.165, 1.54) is 19.2 Å². The standard InChI is InChI=1S/C13H16FNO2S/c1-17-12(16)7-13(4-5-13)8-18-11-3-2-9(14)6-10(11)15/h2-3,6H,4-5,7-8,15H2,1H3. The second-order valence-electron chi connectivity index (χ2n) is 4.72. The van der Waals surface area contributed by atoms with Gasteiger partial charge in [-0.1, -0.05) is 0 Å². The van der Waals surface area contributed by atoms with Crippen LogP contribution in [0.4, 0.5) is 10.1 Å². The van der Waals surface area contributed by atoms with Crippen LogP contribution in [0.5, 0.6) is 0 Å². The summed E-state index contributed by atoms with van der Waals surface area (Å²) in [4.78, 5) is 12.2. The average molecular weight is 269 g/mol. The molecule has 18 heavy (non-hydrogen) atoms. The number of halogens is 1. The van der Waals surface area contributed by atoms with E-state index in [1.54, 1.807) is 17.8 Å². The van der Waals surface area contributed by atoms with Crippen LogP contribution in [-0.2, 0) is 9.53 Å². The lowest BCUT2D eigenvalue weighted by atomic mass is 10.1. The highest BCUT2D eigenvalue weighted by Crippen LogP contribution is 2.52. The maximum absolute atomic E-state index is 12.9. The molecule has 2 N–H and O–H groups in total. The minimum Gasteiger partial charge on any atom is -0.469 e. The zero-order valence-corrected chi connectivity index (χ0v) is 11.1. The van der Waals surface area contributed by atoms with Gasteiger partial charge in [0.1, 0.15) is 5.82 Å². The minimum absolute atomic E-state index is 0.0542. The molecule has 0 aromatic heterocycles. The van der Waals surface area contributed by atoms with Crippen LogP contribution in [-0.4, -0.2) is 18.8 Å². The van der Waals surface area contributed by atoms with Gasteiger partial charge in [0, 0.05) is 16.3 Å². The van der Waals surface area contributed by atoms with Crippen molar-refractivity contribution < 1.29 is 13.9 Å². The first-order valence-corrected chi connectivity index (χ1v) is 6.78. The number of hydrogen-bond donors (Lipinski definition) is 1. The van der Waals surface area contributed by atoms with Gasteiger partial charge in [-0.15, -0.1) is 11.8 Å². The van der Waals surface area contributed by atoms with Gasteiger partial charge < -0.3 is 10.5 Å². The van der Waals surface area contributed by atoms with E-state index in [0.717, 1.165) is 23.5 Å². The Hall–Kier alpha value is -1.23. The maximum atomic E-state index is 12.9. The van der Waals surface area contributed by atoms with E-state index in [0.29, 0.717) is 12.1 Å². The quantitative estimate of drug-likeness (QED) is 0.507. The van der Waals surface area contributed by atoms with E-state index in [2.05, 4.69) is 0 Å². The Kier molecular flexibility index (Phi) is 3.80. The number of carbonyl (C=O) groups is 1. The van der Waals surface area contributed by atoms with Crippen molar-refractivity contribution in [1.82, 2.24) is 0 Å². The molecule has 2 rings (SSSR count). The Morgan fingerprint density at radius 1 is 1.56 bits per heavy atom. The molecule has 0 spiro atoms. The largest absolute Gasteiger partial charge is 0.469 e. The molecule has 1 aliphatic rings. The van der Waals surface area contributed by atoms with Gasteiger partial charge in [-0.3, -0.25) is 4.79 Å². The smallest absolute Gasteiger partial charge is 0.306 e. The van der Waals surface area contributed by atoms with Crippen LogP contribution in [0, 0.1) is 11.2 Å². The van der Waals surface area contributed by atoms with Crippen LogP contribution in [0.1, 0.15) is 19.3 Å². The molecule has 0 bridgehead atoms. The monoisotopic (exact) mass is 269 g/mol. The third kappa shape index (κ3) is 3.16. The number of nitrogens with two attached hydrogens (primary N) is 1. The summed E-state index contributed by atoms with van der Waals surface area (Å²) >= 11 is 1.58. The second-order valence-corrected chi connectivity index (χ2v) is 5.74. The number of rotatable bonds is 5. The summed E-state index contributed by atoms with van der Waals surface area (Å²) in [6.07, 6.45) is 2.53. The number of nitrogen functional groups attached to an aromatic ring is 1. The van der Waals surface area contributed by atoms with E-state index in [-0.39, 0.29) is 17.2 Å². The topological polar surface area (TPSA) is 52.3 Å². The van der Waals surface area contributed by atoms with Crippen LogP contribution in [0.2, 0.25) is 0 Å². The Morgan fingerprint density at radius 2 is 2.28 bits per heavy atom. The van der Waals surface area contributed by atoms with Gasteiger partial charge in [-0.05, 0) is 36.5 Å². The first-order valence-electron chi connectivity index (χ1n) is 5.79. The molecule has 98 valence electrons. The van der Waals surface area contributed by atoms with E-state index >= 15 is 0 Å². The van der Waals surface area contributed by atoms with Gasteiger partial charge in [0.2, 0.25) is 0 Å². The van der Waals surface area contributed by atoms with E-state index in [9.17, 15) is 9.18 Å². The summed E-state index contributed by atoms with van der Waals surface area (Å²) in [5.74, 6) is 0.325. The zero-order valence-electron chi connectivity index (χ0n) is 10.2. The summed E-state index contributed by atoms with van der Waals surface area (Å²) in [5.41, 5.74) is 6.25. The molecule has 3 nitrogen and oxygen atoms in total. The number of ether oxygens (including phenoxy) is 1. The lowest BCUT2D eigenvalue weighted by Crippen LogP contribution is -2.13. The molecule has 0 aliphatic heterocycles. The van der Waals surface area contributed by atoms with Gasteiger partial charge in [0.05, 0.1) is 13.5 Å². The number of anilines is 1. The average Bonchev–Trinajstić information content (AvgIpc) is 3.08. The SMILES string of the molecule is COC(=O)CC1(CSc2ccc(F)cc2N)CC1. The van der Waals surface area contributed by atoms with Crippen LogP contribution in [0.3, 0.4) is 0 Å². The molecule has 0 amide bonds. The Labute approximate surface area is 110 Å². The summed E-state index contributed by atoms with van der Waals surface area (Å²) in [5, 5.41) is 0. The number of carbonyl (C=O) groups excluding carboxylic acids is 1. The van der Waals surface area contributed by atoms with Crippen molar-refractivity contribution in [3.8, 4) is 0 Å². The van der Waals surface area contributed by atoms with Crippen molar-refractivity contribution in [2.45, 2.75) is 24.2 Å². The number of esters is 1. The molecule has 1 fully saturated rings. The van der Waals surface area contributed by atoms with Crippen molar-refractivity contribution in [3.63, 3.8) is 0 Å². The van der Waals surface area contributed by atoms with Crippen LogP contribution in [0.25, 0.3) is 0 Å². The van der Waals surface area contributed by atoms with Gasteiger partial charge >= 0.3 is 5.97 Å². The summed E-state index contributed by atoms with van der Waals surface area (Å²) < 4.78 is 17.6. The van der Waals surface area contributed by atoms with E-state index in [4.69, 9.17) is 10.5 Å². The van der Waals surface area contributed by atoms with E-state index < -0.39 is 0 Å². The first kappa shape index (κ1) is 13.2. The lowest BCUT2D eigenvalue weighted by Gasteiger charge is -2.13. The molecule has 1 aromatic carbocycles. The highest BCUT2D eigenvalue weighted by atomic mass is 32.2. The first-order chi connectivity index (χ1) is 8.54. The fraction of sp³-hybridized carbons (Fsp3) is 0.462. The lowest BCUT2D eigenvalue weighted by molar-refractivity contribution is -0.141. The summed E-state index contributed by atoms with van der Waals surface area (Å²) in [6, 6.07) is 4.41. The Balaban J connectivity index is 1.93. The van der Waals surface area contributed by atoms with Crippen LogP contribution < -0.4 is 5.73 Å². The van der Waals surface area contributed by atoms with Gasteiger partial charge in [0.15, 0.2) is 0 Å². The summed E-state index contributed by atoms with van der Waals surface area (Å²) in [6.45, 7) is 0. The molecule has 0 saturated heterocycles. The van der Waals surface area contributed by atoms with Gasteiger partial charge in [0.25, 0.3) is 0 Å². The second kappa shape index (κ2) is 5.18. The molecule has 0 unspecified atom stereocenters. The number of methoxy groups -OCH3 is 1. The molecule has 1 saturated carbocycles. The highest BCUT2D eigenvalue weighted by Gasteiger charge is 2.44. The molecule has 1 aliphatic carbocycles.